The highest BCUT2D eigenvalue weighted by Gasteiger charge is 2.36. The Bertz CT molecular complexity index is 756. The molecular formula is C23H32N2O3. The van der Waals surface area contributed by atoms with Gasteiger partial charge in [0.25, 0.3) is 0 Å². The molecule has 152 valence electrons. The first kappa shape index (κ1) is 20.6. The summed E-state index contributed by atoms with van der Waals surface area (Å²) in [6, 6.07) is 14.9. The molecule has 5 nitrogen and oxygen atoms in total. The zero-order chi connectivity index (χ0) is 20.1. The monoisotopic (exact) mass is 384 g/mol. The first-order chi connectivity index (χ1) is 13.5. The van der Waals surface area contributed by atoms with E-state index < -0.39 is 0 Å². The molecule has 1 amide bonds. The third-order valence-electron chi connectivity index (χ3n) is 5.56. The van der Waals surface area contributed by atoms with Gasteiger partial charge in [0.05, 0.1) is 6.54 Å². The number of furan rings is 1. The topological polar surface area (TPSA) is 45.9 Å². The Balaban J connectivity index is 1.77. The number of methoxy groups -OCH3 is 1. The molecule has 28 heavy (non-hydrogen) atoms. The highest BCUT2D eigenvalue weighted by atomic mass is 16.5. The summed E-state index contributed by atoms with van der Waals surface area (Å²) in [7, 11) is 1.58. The highest BCUT2D eigenvalue weighted by molar-refractivity contribution is 5.77. The number of benzene rings is 1. The first-order valence-corrected chi connectivity index (χ1v) is 10.1. The minimum atomic E-state index is 0.0596. The number of hydrogen-bond acceptors (Lipinski definition) is 4. The van der Waals surface area contributed by atoms with Crippen molar-refractivity contribution in [2.75, 3.05) is 33.4 Å². The maximum absolute atomic E-state index is 12.6. The number of rotatable bonds is 8. The molecule has 5 heteroatoms. The Kier molecular flexibility index (Phi) is 6.92. The van der Waals surface area contributed by atoms with E-state index in [0.717, 1.165) is 37.7 Å². The number of hydrogen-bond donors (Lipinski definition) is 0. The van der Waals surface area contributed by atoms with Crippen molar-refractivity contribution < 1.29 is 13.9 Å². The molecule has 2 aromatic rings. The van der Waals surface area contributed by atoms with Crippen LogP contribution in [0.5, 0.6) is 0 Å². The molecule has 2 unspecified atom stereocenters. The van der Waals surface area contributed by atoms with Crippen LogP contribution >= 0.6 is 0 Å². The van der Waals surface area contributed by atoms with Crippen molar-refractivity contribution >= 4 is 5.91 Å². The zero-order valence-electron chi connectivity index (χ0n) is 17.4. The second-order valence-electron chi connectivity index (χ2n) is 8.06. The molecule has 0 bridgehead atoms. The Morgan fingerprint density at radius 3 is 2.57 bits per heavy atom. The van der Waals surface area contributed by atoms with Crippen LogP contribution in [0.2, 0.25) is 0 Å². The van der Waals surface area contributed by atoms with Gasteiger partial charge >= 0.3 is 0 Å². The van der Waals surface area contributed by atoms with Gasteiger partial charge in [-0.05, 0) is 44.4 Å². The Morgan fingerprint density at radius 2 is 1.96 bits per heavy atom. The SMILES string of the molecule is COCC(=O)N(CC1CN(Cc2ccc(C)o2)CC1c1ccccc1)C(C)C. The predicted octanol–water partition coefficient (Wildman–Crippen LogP) is 3.69. The number of aryl methyl sites for hydroxylation is 1. The van der Waals surface area contributed by atoms with E-state index in [2.05, 4.69) is 55.1 Å². The van der Waals surface area contributed by atoms with Gasteiger partial charge in [-0.2, -0.15) is 0 Å². The van der Waals surface area contributed by atoms with Crippen LogP contribution in [-0.4, -0.2) is 55.1 Å². The number of likely N-dealkylation sites (tertiary alicyclic amines) is 1. The van der Waals surface area contributed by atoms with E-state index in [0.29, 0.717) is 11.8 Å². The molecule has 3 rings (SSSR count). The highest BCUT2D eigenvalue weighted by Crippen LogP contribution is 2.34. The van der Waals surface area contributed by atoms with Crippen LogP contribution in [0.4, 0.5) is 0 Å². The van der Waals surface area contributed by atoms with Crippen LogP contribution in [0.15, 0.2) is 46.9 Å². The zero-order valence-corrected chi connectivity index (χ0v) is 17.4. The van der Waals surface area contributed by atoms with Gasteiger partial charge in [0.15, 0.2) is 0 Å². The molecule has 0 spiro atoms. The number of ether oxygens (including phenoxy) is 1. The standard InChI is InChI=1S/C23H32N2O3/c1-17(2)25(23(26)16-27-4)13-20-12-24(14-21-11-10-18(3)28-21)15-22(20)19-8-6-5-7-9-19/h5-11,17,20,22H,12-16H2,1-4H3. The summed E-state index contributed by atoms with van der Waals surface area (Å²) in [5, 5.41) is 0. The van der Waals surface area contributed by atoms with Gasteiger partial charge in [-0.3, -0.25) is 9.69 Å². The molecular weight excluding hydrogens is 352 g/mol. The van der Waals surface area contributed by atoms with Crippen molar-refractivity contribution in [3.8, 4) is 0 Å². The van der Waals surface area contributed by atoms with Gasteiger partial charge in [0, 0.05) is 38.7 Å². The molecule has 2 atom stereocenters. The Labute approximate surface area is 168 Å². The molecule has 1 aliphatic heterocycles. The van der Waals surface area contributed by atoms with E-state index in [-0.39, 0.29) is 18.6 Å². The molecule has 0 aliphatic carbocycles. The lowest BCUT2D eigenvalue weighted by Crippen LogP contribution is -2.43. The normalized spacial score (nSPS) is 20.0. The summed E-state index contributed by atoms with van der Waals surface area (Å²) in [6.45, 7) is 9.73. The maximum atomic E-state index is 12.6. The lowest BCUT2D eigenvalue weighted by Gasteiger charge is -2.31. The molecule has 1 aromatic heterocycles. The van der Waals surface area contributed by atoms with Crippen molar-refractivity contribution in [1.82, 2.24) is 9.80 Å². The number of carbonyl (C=O) groups excluding carboxylic acids is 1. The van der Waals surface area contributed by atoms with E-state index in [4.69, 9.17) is 9.15 Å². The van der Waals surface area contributed by atoms with E-state index in [1.165, 1.54) is 5.56 Å². The molecule has 0 saturated carbocycles. The van der Waals surface area contributed by atoms with Crippen LogP contribution in [-0.2, 0) is 16.1 Å². The van der Waals surface area contributed by atoms with Gasteiger partial charge in [-0.15, -0.1) is 0 Å². The summed E-state index contributed by atoms with van der Waals surface area (Å²) < 4.78 is 10.9. The molecule has 0 radical (unpaired) electrons. The lowest BCUT2D eigenvalue weighted by molar-refractivity contribution is -0.137. The van der Waals surface area contributed by atoms with Gasteiger partial charge < -0.3 is 14.1 Å². The lowest BCUT2D eigenvalue weighted by atomic mass is 9.88. The van der Waals surface area contributed by atoms with Crippen LogP contribution in [0.1, 0.15) is 36.8 Å². The Hall–Kier alpha value is -2.11. The van der Waals surface area contributed by atoms with Crippen LogP contribution in [0, 0.1) is 12.8 Å². The van der Waals surface area contributed by atoms with Crippen molar-refractivity contribution in [3.05, 3.63) is 59.5 Å². The average Bonchev–Trinajstić information content (AvgIpc) is 3.26. The van der Waals surface area contributed by atoms with Gasteiger partial charge in [0.2, 0.25) is 5.91 Å². The van der Waals surface area contributed by atoms with Crippen molar-refractivity contribution in [2.45, 2.75) is 39.3 Å². The van der Waals surface area contributed by atoms with Gasteiger partial charge in [-0.25, -0.2) is 0 Å². The predicted molar refractivity (Wildman–Crippen MR) is 110 cm³/mol. The van der Waals surface area contributed by atoms with E-state index in [1.807, 2.05) is 17.9 Å². The second-order valence-corrected chi connectivity index (χ2v) is 8.06. The summed E-state index contributed by atoms with van der Waals surface area (Å²) in [5.41, 5.74) is 1.34. The van der Waals surface area contributed by atoms with Crippen LogP contribution in [0.25, 0.3) is 0 Å². The van der Waals surface area contributed by atoms with Gasteiger partial charge in [0.1, 0.15) is 18.1 Å². The molecule has 1 aromatic carbocycles. The molecule has 2 heterocycles. The van der Waals surface area contributed by atoms with Crippen molar-refractivity contribution in [3.63, 3.8) is 0 Å². The quantitative estimate of drug-likeness (QED) is 0.696. The largest absolute Gasteiger partial charge is 0.465 e. The minimum Gasteiger partial charge on any atom is -0.465 e. The first-order valence-electron chi connectivity index (χ1n) is 10.1. The second kappa shape index (κ2) is 9.39. The summed E-state index contributed by atoms with van der Waals surface area (Å²) >= 11 is 0. The fourth-order valence-electron chi connectivity index (χ4n) is 4.20. The number of nitrogens with zero attached hydrogens (tertiary/aromatic N) is 2. The third-order valence-corrected chi connectivity index (χ3v) is 5.56. The molecule has 1 aliphatic rings. The van der Waals surface area contributed by atoms with Crippen molar-refractivity contribution in [1.29, 1.82) is 0 Å². The average molecular weight is 385 g/mol. The maximum Gasteiger partial charge on any atom is 0.248 e. The molecule has 1 fully saturated rings. The van der Waals surface area contributed by atoms with E-state index in [9.17, 15) is 4.79 Å². The molecule has 0 N–H and O–H groups in total. The van der Waals surface area contributed by atoms with Crippen LogP contribution in [0.3, 0.4) is 0 Å². The summed E-state index contributed by atoms with van der Waals surface area (Å²) in [4.78, 5) is 17.0. The minimum absolute atomic E-state index is 0.0596. The molecule has 1 saturated heterocycles. The fourth-order valence-corrected chi connectivity index (χ4v) is 4.20. The summed E-state index contributed by atoms with van der Waals surface area (Å²) in [6.07, 6.45) is 0. The smallest absolute Gasteiger partial charge is 0.248 e. The van der Waals surface area contributed by atoms with Crippen LogP contribution < -0.4 is 0 Å². The van der Waals surface area contributed by atoms with E-state index >= 15 is 0 Å². The third kappa shape index (κ3) is 5.03. The number of amides is 1. The van der Waals surface area contributed by atoms with Crippen molar-refractivity contribution in [2.24, 2.45) is 5.92 Å². The number of carbonyl (C=O) groups is 1. The van der Waals surface area contributed by atoms with E-state index in [1.54, 1.807) is 7.11 Å². The fraction of sp³-hybridized carbons (Fsp3) is 0.522. The van der Waals surface area contributed by atoms with Gasteiger partial charge in [-0.1, -0.05) is 30.3 Å². The summed E-state index contributed by atoms with van der Waals surface area (Å²) in [5.74, 6) is 2.78. The Morgan fingerprint density at radius 1 is 1.21 bits per heavy atom.